The van der Waals surface area contributed by atoms with E-state index in [9.17, 15) is 9.59 Å². The Kier molecular flexibility index (Phi) is 5.52. The number of nitrogens with two attached hydrogens (primary N) is 1. The van der Waals surface area contributed by atoms with Gasteiger partial charge in [0, 0.05) is 28.3 Å². The summed E-state index contributed by atoms with van der Waals surface area (Å²) in [6, 6.07) is 16.7. The Morgan fingerprint density at radius 1 is 1.09 bits per heavy atom. The molecule has 0 aliphatic rings. The fraction of sp³-hybridized carbons (Fsp3) is 0.0400. The first-order valence-corrected chi connectivity index (χ1v) is 11.2. The summed E-state index contributed by atoms with van der Waals surface area (Å²) in [6.45, 7) is 2.02. The van der Waals surface area contributed by atoms with Crippen LogP contribution in [0.4, 0.5) is 5.13 Å². The van der Waals surface area contributed by atoms with Gasteiger partial charge in [-0.15, -0.1) is 11.3 Å². The molecule has 0 radical (unpaired) electrons. The number of amides is 2. The summed E-state index contributed by atoms with van der Waals surface area (Å²) in [6.07, 6.45) is 3.29. The average Bonchev–Trinajstić information content (AvgIpc) is 3.60. The SMILES string of the molecule is Cc1ccc(-c2cnc(-c3ccccc3C(=O)Nc3nc(-c4c[nH]c(C(N)=O)c4)cs3)o2)cc1. The van der Waals surface area contributed by atoms with Crippen LogP contribution in [0.2, 0.25) is 0 Å². The Labute approximate surface area is 198 Å². The number of hydrogen-bond acceptors (Lipinski definition) is 6. The molecule has 0 aliphatic heterocycles. The number of carbonyl (C=O) groups is 2. The minimum absolute atomic E-state index is 0.290. The second-order valence-corrected chi connectivity index (χ2v) is 8.46. The third-order valence-electron chi connectivity index (χ3n) is 5.21. The van der Waals surface area contributed by atoms with Gasteiger partial charge in [0.15, 0.2) is 10.9 Å². The summed E-state index contributed by atoms with van der Waals surface area (Å²) in [5, 5.41) is 5.04. The number of anilines is 1. The molecule has 0 spiro atoms. The Morgan fingerprint density at radius 2 is 1.88 bits per heavy atom. The normalized spacial score (nSPS) is 10.9. The quantitative estimate of drug-likeness (QED) is 0.318. The number of nitrogens with one attached hydrogen (secondary N) is 2. The van der Waals surface area contributed by atoms with E-state index in [4.69, 9.17) is 10.2 Å². The third-order valence-corrected chi connectivity index (χ3v) is 5.97. The number of aromatic amines is 1. The predicted octanol–water partition coefficient (Wildman–Crippen LogP) is 5.12. The lowest BCUT2D eigenvalue weighted by molar-refractivity contribution is 0.0994. The Morgan fingerprint density at radius 3 is 2.65 bits per heavy atom. The fourth-order valence-corrected chi connectivity index (χ4v) is 4.14. The highest BCUT2D eigenvalue weighted by Crippen LogP contribution is 2.30. The van der Waals surface area contributed by atoms with E-state index in [-0.39, 0.29) is 5.91 Å². The third kappa shape index (κ3) is 4.24. The van der Waals surface area contributed by atoms with Crippen LogP contribution in [-0.2, 0) is 0 Å². The van der Waals surface area contributed by atoms with Crippen molar-refractivity contribution in [1.29, 1.82) is 0 Å². The number of aryl methyl sites for hydroxylation is 1. The van der Waals surface area contributed by atoms with Gasteiger partial charge in [-0.25, -0.2) is 9.97 Å². The molecular formula is C25H19N5O3S. The monoisotopic (exact) mass is 469 g/mol. The number of primary amides is 1. The lowest BCUT2D eigenvalue weighted by Gasteiger charge is -2.06. The number of nitrogens with zero attached hydrogens (tertiary/aromatic N) is 2. The Bertz CT molecular complexity index is 1500. The van der Waals surface area contributed by atoms with Crippen molar-refractivity contribution in [3.05, 3.63) is 89.2 Å². The van der Waals surface area contributed by atoms with Crippen LogP contribution in [0.15, 0.2) is 76.8 Å². The molecule has 0 saturated carbocycles. The summed E-state index contributed by atoms with van der Waals surface area (Å²) in [5.41, 5.74) is 9.95. The summed E-state index contributed by atoms with van der Waals surface area (Å²) >= 11 is 1.28. The van der Waals surface area contributed by atoms with Gasteiger partial charge in [0.2, 0.25) is 5.89 Å². The van der Waals surface area contributed by atoms with Gasteiger partial charge in [-0.1, -0.05) is 42.0 Å². The van der Waals surface area contributed by atoms with Crippen molar-refractivity contribution in [2.75, 3.05) is 5.32 Å². The van der Waals surface area contributed by atoms with E-state index >= 15 is 0 Å². The summed E-state index contributed by atoms with van der Waals surface area (Å²) in [4.78, 5) is 36.0. The van der Waals surface area contributed by atoms with Gasteiger partial charge in [-0.2, -0.15) is 0 Å². The maximum Gasteiger partial charge on any atom is 0.265 e. The molecule has 2 amide bonds. The fourth-order valence-electron chi connectivity index (χ4n) is 3.43. The van der Waals surface area contributed by atoms with E-state index in [0.29, 0.717) is 44.9 Å². The molecule has 0 unspecified atom stereocenters. The number of H-pyrrole nitrogens is 1. The van der Waals surface area contributed by atoms with E-state index in [1.54, 1.807) is 42.0 Å². The zero-order chi connectivity index (χ0) is 23.7. The molecule has 4 N–H and O–H groups in total. The Hall–Kier alpha value is -4.50. The zero-order valence-corrected chi connectivity index (χ0v) is 18.8. The molecule has 0 saturated heterocycles. The second kappa shape index (κ2) is 8.80. The predicted molar refractivity (Wildman–Crippen MR) is 130 cm³/mol. The van der Waals surface area contributed by atoms with Crippen LogP contribution in [-0.4, -0.2) is 26.8 Å². The Balaban J connectivity index is 1.38. The molecule has 5 aromatic rings. The molecule has 0 bridgehead atoms. The standard InChI is InChI=1S/C25H19N5O3S/c1-14-6-8-15(9-7-14)21-12-28-24(33-21)18-5-3-2-4-17(18)23(32)30-25-29-20(13-34-25)16-10-19(22(26)31)27-11-16/h2-13,27H,1H3,(H2,26,31)(H,29,30,32). The van der Waals surface area contributed by atoms with Crippen molar-refractivity contribution in [1.82, 2.24) is 15.0 Å². The molecular weight excluding hydrogens is 450 g/mol. The molecule has 8 nitrogen and oxygen atoms in total. The van der Waals surface area contributed by atoms with Gasteiger partial charge in [-0.3, -0.25) is 14.9 Å². The van der Waals surface area contributed by atoms with Crippen LogP contribution in [0, 0.1) is 6.92 Å². The van der Waals surface area contributed by atoms with Crippen molar-refractivity contribution in [3.8, 4) is 34.0 Å². The molecule has 9 heteroatoms. The van der Waals surface area contributed by atoms with Crippen molar-refractivity contribution < 1.29 is 14.0 Å². The second-order valence-electron chi connectivity index (χ2n) is 7.60. The topological polar surface area (TPSA) is 127 Å². The lowest BCUT2D eigenvalue weighted by atomic mass is 10.1. The van der Waals surface area contributed by atoms with E-state index in [0.717, 1.165) is 11.1 Å². The van der Waals surface area contributed by atoms with Gasteiger partial charge >= 0.3 is 0 Å². The van der Waals surface area contributed by atoms with E-state index in [1.165, 1.54) is 11.3 Å². The first kappa shape index (κ1) is 21.4. The number of hydrogen-bond donors (Lipinski definition) is 3. The van der Waals surface area contributed by atoms with Crippen molar-refractivity contribution in [2.45, 2.75) is 6.92 Å². The first-order valence-electron chi connectivity index (χ1n) is 10.4. The summed E-state index contributed by atoms with van der Waals surface area (Å²) < 4.78 is 5.97. The van der Waals surface area contributed by atoms with E-state index in [1.807, 2.05) is 37.3 Å². The van der Waals surface area contributed by atoms with Crippen LogP contribution < -0.4 is 11.1 Å². The maximum atomic E-state index is 13.1. The van der Waals surface area contributed by atoms with E-state index < -0.39 is 5.91 Å². The van der Waals surface area contributed by atoms with Crippen LogP contribution in [0.3, 0.4) is 0 Å². The molecule has 34 heavy (non-hydrogen) atoms. The van der Waals surface area contributed by atoms with Gasteiger partial charge in [0.1, 0.15) is 5.69 Å². The average molecular weight is 470 g/mol. The molecule has 3 aromatic heterocycles. The van der Waals surface area contributed by atoms with Crippen molar-refractivity contribution >= 4 is 28.3 Å². The molecule has 0 fully saturated rings. The zero-order valence-electron chi connectivity index (χ0n) is 18.0. The van der Waals surface area contributed by atoms with Crippen LogP contribution >= 0.6 is 11.3 Å². The number of rotatable bonds is 6. The van der Waals surface area contributed by atoms with Gasteiger partial charge in [0.25, 0.3) is 11.8 Å². The highest BCUT2D eigenvalue weighted by Gasteiger charge is 2.18. The molecule has 0 aliphatic carbocycles. The lowest BCUT2D eigenvalue weighted by Crippen LogP contribution is -2.13. The molecule has 2 aromatic carbocycles. The number of oxazole rings is 1. The van der Waals surface area contributed by atoms with E-state index in [2.05, 4.69) is 20.3 Å². The van der Waals surface area contributed by atoms with Crippen LogP contribution in [0.5, 0.6) is 0 Å². The van der Waals surface area contributed by atoms with Gasteiger partial charge in [-0.05, 0) is 25.1 Å². The molecule has 5 rings (SSSR count). The number of carbonyl (C=O) groups excluding carboxylic acids is 2. The van der Waals surface area contributed by atoms with Crippen molar-refractivity contribution in [2.24, 2.45) is 5.73 Å². The molecule has 168 valence electrons. The maximum absolute atomic E-state index is 13.1. The minimum atomic E-state index is -0.552. The first-order chi connectivity index (χ1) is 16.5. The highest BCUT2D eigenvalue weighted by atomic mass is 32.1. The van der Waals surface area contributed by atoms with Gasteiger partial charge in [0.05, 0.1) is 17.5 Å². The van der Waals surface area contributed by atoms with Crippen molar-refractivity contribution in [3.63, 3.8) is 0 Å². The summed E-state index contributed by atoms with van der Waals surface area (Å²) in [7, 11) is 0. The summed E-state index contributed by atoms with van der Waals surface area (Å²) in [5.74, 6) is 0.0891. The van der Waals surface area contributed by atoms with Crippen LogP contribution in [0.25, 0.3) is 34.0 Å². The minimum Gasteiger partial charge on any atom is -0.436 e. The molecule has 3 heterocycles. The smallest absolute Gasteiger partial charge is 0.265 e. The largest absolute Gasteiger partial charge is 0.436 e. The number of benzene rings is 2. The highest BCUT2D eigenvalue weighted by molar-refractivity contribution is 7.14. The number of aromatic nitrogens is 3. The number of thiazole rings is 1. The van der Waals surface area contributed by atoms with Gasteiger partial charge < -0.3 is 15.1 Å². The van der Waals surface area contributed by atoms with Crippen LogP contribution in [0.1, 0.15) is 26.4 Å². The molecule has 0 atom stereocenters.